The Hall–Kier alpha value is -2.24. The molecule has 114 valence electrons. The van der Waals surface area contributed by atoms with Gasteiger partial charge in [-0.3, -0.25) is 10.2 Å². The van der Waals surface area contributed by atoms with Crippen molar-refractivity contribution in [2.45, 2.75) is 12.6 Å². The van der Waals surface area contributed by atoms with Gasteiger partial charge in [0.25, 0.3) is 0 Å². The van der Waals surface area contributed by atoms with Gasteiger partial charge in [-0.2, -0.15) is 0 Å². The lowest BCUT2D eigenvalue weighted by Crippen LogP contribution is -2.34. The highest BCUT2D eigenvalue weighted by Crippen LogP contribution is 2.24. The van der Waals surface area contributed by atoms with Gasteiger partial charge in [0.1, 0.15) is 5.82 Å². The maximum atomic E-state index is 12.9. The van der Waals surface area contributed by atoms with Crippen LogP contribution in [0.1, 0.15) is 17.2 Å². The van der Waals surface area contributed by atoms with Crippen LogP contribution in [0.3, 0.4) is 0 Å². The number of halogens is 1. The minimum Gasteiger partial charge on any atom is -0.352 e. The van der Waals surface area contributed by atoms with Gasteiger partial charge in [-0.1, -0.05) is 42.5 Å². The molecule has 2 aromatic rings. The van der Waals surface area contributed by atoms with E-state index in [-0.39, 0.29) is 23.7 Å². The summed E-state index contributed by atoms with van der Waals surface area (Å²) in [7, 11) is 0. The summed E-state index contributed by atoms with van der Waals surface area (Å²) in [6.07, 6.45) is 0. The lowest BCUT2D eigenvalue weighted by atomic mass is 9.94. The van der Waals surface area contributed by atoms with E-state index in [2.05, 4.69) is 16.2 Å². The van der Waals surface area contributed by atoms with Crippen molar-refractivity contribution in [2.75, 3.05) is 6.54 Å². The Bertz CT molecular complexity index is 630. The molecule has 0 bridgehead atoms. The molecule has 0 aromatic heterocycles. The fourth-order valence-corrected chi connectivity index (χ4v) is 2.64. The monoisotopic (exact) mass is 299 g/mol. The number of carbonyl (C=O) groups is 1. The van der Waals surface area contributed by atoms with Crippen LogP contribution in [0.5, 0.6) is 0 Å². The second kappa shape index (κ2) is 6.68. The summed E-state index contributed by atoms with van der Waals surface area (Å²) in [4.78, 5) is 12.4. The van der Waals surface area contributed by atoms with Crippen LogP contribution in [0.4, 0.5) is 4.39 Å². The first-order chi connectivity index (χ1) is 10.7. The summed E-state index contributed by atoms with van der Waals surface area (Å²) < 4.78 is 12.9. The van der Waals surface area contributed by atoms with E-state index >= 15 is 0 Å². The summed E-state index contributed by atoms with van der Waals surface area (Å²) in [5.41, 5.74) is 8.15. The molecule has 1 aliphatic rings. The molecule has 0 spiro atoms. The molecule has 0 radical (unpaired) electrons. The van der Waals surface area contributed by atoms with Crippen LogP contribution in [0, 0.1) is 11.7 Å². The van der Waals surface area contributed by atoms with E-state index in [4.69, 9.17) is 0 Å². The minimum absolute atomic E-state index is 0.0179. The zero-order chi connectivity index (χ0) is 15.4. The van der Waals surface area contributed by atoms with Gasteiger partial charge < -0.3 is 5.32 Å². The van der Waals surface area contributed by atoms with Crippen LogP contribution in [-0.4, -0.2) is 12.5 Å². The lowest BCUT2D eigenvalue weighted by Gasteiger charge is -2.18. The summed E-state index contributed by atoms with van der Waals surface area (Å²) in [5.74, 6) is -0.470. The van der Waals surface area contributed by atoms with Crippen molar-refractivity contribution in [2.24, 2.45) is 5.92 Å². The van der Waals surface area contributed by atoms with Gasteiger partial charge in [-0.15, -0.1) is 0 Å². The number of amides is 1. The first-order valence-corrected chi connectivity index (χ1v) is 7.29. The van der Waals surface area contributed by atoms with E-state index in [9.17, 15) is 9.18 Å². The molecule has 3 N–H and O–H groups in total. The van der Waals surface area contributed by atoms with Crippen molar-refractivity contribution in [3.8, 4) is 0 Å². The number of hydrogen-bond donors (Lipinski definition) is 3. The Morgan fingerprint density at radius 2 is 1.86 bits per heavy atom. The first kappa shape index (κ1) is 14.7. The summed E-state index contributed by atoms with van der Waals surface area (Å²) in [6, 6.07) is 16.0. The van der Waals surface area contributed by atoms with Crippen molar-refractivity contribution >= 4 is 5.91 Å². The molecule has 1 aliphatic heterocycles. The average Bonchev–Trinajstić information content (AvgIpc) is 3.04. The average molecular weight is 299 g/mol. The van der Waals surface area contributed by atoms with Gasteiger partial charge in [0, 0.05) is 13.1 Å². The molecule has 2 unspecified atom stereocenters. The topological polar surface area (TPSA) is 53.2 Å². The number of benzene rings is 2. The van der Waals surface area contributed by atoms with Crippen LogP contribution in [0.2, 0.25) is 0 Å². The third-order valence-corrected chi connectivity index (χ3v) is 3.86. The standard InChI is InChI=1S/C17H18FN3O/c18-14-8-6-12(7-9-14)10-19-17(22)15-11-20-21-16(15)13-4-2-1-3-5-13/h1-9,15-16,20-21H,10-11H2,(H,19,22). The van der Waals surface area contributed by atoms with Gasteiger partial charge in [-0.05, 0) is 23.3 Å². The Morgan fingerprint density at radius 3 is 2.59 bits per heavy atom. The number of rotatable bonds is 4. The van der Waals surface area contributed by atoms with Gasteiger partial charge in [0.2, 0.25) is 5.91 Å². The Kier molecular flexibility index (Phi) is 4.46. The molecule has 1 heterocycles. The van der Waals surface area contributed by atoms with E-state index in [1.807, 2.05) is 30.3 Å². The molecule has 4 nitrogen and oxygen atoms in total. The largest absolute Gasteiger partial charge is 0.352 e. The molecule has 2 aromatic carbocycles. The molecule has 0 saturated carbocycles. The van der Waals surface area contributed by atoms with Crippen LogP contribution in [-0.2, 0) is 11.3 Å². The van der Waals surface area contributed by atoms with E-state index < -0.39 is 0 Å². The van der Waals surface area contributed by atoms with Crippen molar-refractivity contribution in [1.29, 1.82) is 0 Å². The number of hydrazine groups is 1. The van der Waals surface area contributed by atoms with Gasteiger partial charge in [0.05, 0.1) is 12.0 Å². The zero-order valence-corrected chi connectivity index (χ0v) is 12.1. The smallest absolute Gasteiger partial charge is 0.226 e. The van der Waals surface area contributed by atoms with Crippen LogP contribution in [0.25, 0.3) is 0 Å². The Morgan fingerprint density at radius 1 is 1.14 bits per heavy atom. The van der Waals surface area contributed by atoms with E-state index in [1.54, 1.807) is 12.1 Å². The lowest BCUT2D eigenvalue weighted by molar-refractivity contribution is -0.125. The molecule has 1 fully saturated rings. The predicted octanol–water partition coefficient (Wildman–Crippen LogP) is 1.91. The van der Waals surface area contributed by atoms with Crippen LogP contribution >= 0.6 is 0 Å². The molecular formula is C17H18FN3O. The molecule has 22 heavy (non-hydrogen) atoms. The SMILES string of the molecule is O=C(NCc1ccc(F)cc1)C1CNNC1c1ccccc1. The van der Waals surface area contributed by atoms with Crippen molar-refractivity contribution < 1.29 is 9.18 Å². The highest BCUT2D eigenvalue weighted by atomic mass is 19.1. The molecule has 5 heteroatoms. The van der Waals surface area contributed by atoms with E-state index in [0.717, 1.165) is 11.1 Å². The number of carbonyl (C=O) groups excluding carboxylic acids is 1. The number of nitrogens with one attached hydrogen (secondary N) is 3. The first-order valence-electron chi connectivity index (χ1n) is 7.29. The third kappa shape index (κ3) is 3.32. The molecule has 1 amide bonds. The minimum atomic E-state index is -0.275. The fourth-order valence-electron chi connectivity index (χ4n) is 2.64. The molecular weight excluding hydrogens is 281 g/mol. The van der Waals surface area contributed by atoms with Crippen molar-refractivity contribution in [1.82, 2.24) is 16.2 Å². The van der Waals surface area contributed by atoms with Crippen LogP contribution < -0.4 is 16.2 Å². The van der Waals surface area contributed by atoms with Gasteiger partial charge in [0.15, 0.2) is 0 Å². The molecule has 3 rings (SSSR count). The van der Waals surface area contributed by atoms with Crippen molar-refractivity contribution in [3.63, 3.8) is 0 Å². The molecule has 1 saturated heterocycles. The quantitative estimate of drug-likeness (QED) is 0.808. The predicted molar refractivity (Wildman–Crippen MR) is 82.1 cm³/mol. The Labute approximate surface area is 128 Å². The normalized spacial score (nSPS) is 20.8. The van der Waals surface area contributed by atoms with Crippen molar-refractivity contribution in [3.05, 3.63) is 71.5 Å². The summed E-state index contributed by atoms with van der Waals surface area (Å²) >= 11 is 0. The van der Waals surface area contributed by atoms with E-state index in [1.165, 1.54) is 12.1 Å². The van der Waals surface area contributed by atoms with Gasteiger partial charge in [-0.25, -0.2) is 9.82 Å². The maximum absolute atomic E-state index is 12.9. The maximum Gasteiger partial charge on any atom is 0.226 e. The van der Waals surface area contributed by atoms with Crippen LogP contribution in [0.15, 0.2) is 54.6 Å². The highest BCUT2D eigenvalue weighted by molar-refractivity contribution is 5.80. The highest BCUT2D eigenvalue weighted by Gasteiger charge is 2.33. The zero-order valence-electron chi connectivity index (χ0n) is 12.1. The van der Waals surface area contributed by atoms with Gasteiger partial charge >= 0.3 is 0 Å². The van der Waals surface area contributed by atoms with E-state index in [0.29, 0.717) is 13.1 Å². The summed E-state index contributed by atoms with van der Waals surface area (Å²) in [6.45, 7) is 0.978. The summed E-state index contributed by atoms with van der Waals surface area (Å²) in [5, 5.41) is 2.92. The molecule has 0 aliphatic carbocycles. The Balaban J connectivity index is 1.62. The third-order valence-electron chi connectivity index (χ3n) is 3.86. The number of hydrogen-bond acceptors (Lipinski definition) is 3. The second-order valence-corrected chi connectivity index (χ2v) is 5.36. The second-order valence-electron chi connectivity index (χ2n) is 5.36. The fraction of sp³-hybridized carbons (Fsp3) is 0.235. The molecule has 2 atom stereocenters.